The fourth-order valence-electron chi connectivity index (χ4n) is 1.44. The number of hydrogen-bond acceptors (Lipinski definition) is 6. The molecule has 0 saturated carbocycles. The summed E-state index contributed by atoms with van der Waals surface area (Å²) in [6.45, 7) is 0. The van der Waals surface area contributed by atoms with Gasteiger partial charge in [-0.25, -0.2) is 20.8 Å². The van der Waals surface area contributed by atoms with Crippen LogP contribution in [0, 0.1) is 0 Å². The van der Waals surface area contributed by atoms with Gasteiger partial charge in [0.1, 0.15) is 5.03 Å². The van der Waals surface area contributed by atoms with Gasteiger partial charge in [-0.2, -0.15) is 0 Å². The second kappa shape index (κ2) is 4.07. The van der Waals surface area contributed by atoms with Crippen molar-refractivity contribution in [3.05, 3.63) is 31.0 Å². The van der Waals surface area contributed by atoms with Crippen molar-refractivity contribution in [1.82, 2.24) is 24.3 Å². The lowest BCUT2D eigenvalue weighted by Gasteiger charge is -2.04. The van der Waals surface area contributed by atoms with Crippen LogP contribution in [0.4, 0.5) is 5.82 Å². The molecule has 0 bridgehead atoms. The first kappa shape index (κ1) is 10.1. The Morgan fingerprint density at radius 2 is 2.29 bits per heavy atom. The smallest absolute Gasteiger partial charge is 0.171 e. The van der Waals surface area contributed by atoms with Crippen LogP contribution in [0.25, 0.3) is 5.65 Å². The van der Waals surface area contributed by atoms with E-state index in [0.29, 0.717) is 5.82 Å². The number of aromatic amines is 1. The van der Waals surface area contributed by atoms with E-state index in [1.165, 1.54) is 11.8 Å². The molecular formula is C9H9N7S. The van der Waals surface area contributed by atoms with Gasteiger partial charge in [-0.15, -0.1) is 0 Å². The first-order valence-electron chi connectivity index (χ1n) is 4.84. The maximum Gasteiger partial charge on any atom is 0.171 e. The van der Waals surface area contributed by atoms with E-state index in [9.17, 15) is 0 Å². The average molecular weight is 247 g/mol. The van der Waals surface area contributed by atoms with Crippen molar-refractivity contribution in [2.45, 2.75) is 10.2 Å². The fraction of sp³-hybridized carbons (Fsp3) is 0. The van der Waals surface area contributed by atoms with E-state index < -0.39 is 0 Å². The molecule has 0 radical (unpaired) electrons. The van der Waals surface area contributed by atoms with Crippen LogP contribution < -0.4 is 11.3 Å². The largest absolute Gasteiger partial charge is 0.339 e. The number of nitrogens with zero attached hydrogens (tertiary/aromatic N) is 4. The molecule has 0 amide bonds. The van der Waals surface area contributed by atoms with Crippen LogP contribution in [0.15, 0.2) is 41.2 Å². The van der Waals surface area contributed by atoms with Gasteiger partial charge in [-0.3, -0.25) is 0 Å². The number of imidazole rings is 2. The first-order valence-corrected chi connectivity index (χ1v) is 5.66. The number of hydrogen-bond donors (Lipinski definition) is 3. The number of nitrogens with two attached hydrogens (primary N) is 1. The predicted molar refractivity (Wildman–Crippen MR) is 63.5 cm³/mol. The van der Waals surface area contributed by atoms with Crippen molar-refractivity contribution >= 4 is 23.2 Å². The van der Waals surface area contributed by atoms with Gasteiger partial charge in [0.2, 0.25) is 0 Å². The number of hydrazine groups is 1. The highest BCUT2D eigenvalue weighted by Gasteiger charge is 2.09. The average Bonchev–Trinajstić information content (AvgIpc) is 2.98. The Bertz CT molecular complexity index is 630. The van der Waals surface area contributed by atoms with Crippen LogP contribution in [-0.4, -0.2) is 24.3 Å². The van der Waals surface area contributed by atoms with E-state index >= 15 is 0 Å². The van der Waals surface area contributed by atoms with Gasteiger partial charge in [0.15, 0.2) is 16.6 Å². The third-order valence-corrected chi connectivity index (χ3v) is 3.04. The van der Waals surface area contributed by atoms with Crippen LogP contribution in [-0.2, 0) is 0 Å². The Labute approximate surface area is 100 Å². The summed E-state index contributed by atoms with van der Waals surface area (Å²) in [4.78, 5) is 15.7. The number of nitrogens with one attached hydrogen (secondary N) is 2. The Morgan fingerprint density at radius 1 is 1.35 bits per heavy atom. The fourth-order valence-corrected chi connectivity index (χ4v) is 2.26. The molecule has 3 rings (SSSR count). The van der Waals surface area contributed by atoms with E-state index in [2.05, 4.69) is 25.4 Å². The molecule has 3 aromatic heterocycles. The predicted octanol–water partition coefficient (Wildman–Crippen LogP) is 0.889. The maximum absolute atomic E-state index is 5.37. The summed E-state index contributed by atoms with van der Waals surface area (Å²) < 4.78 is 1.85. The molecular weight excluding hydrogens is 238 g/mol. The lowest BCUT2D eigenvalue weighted by atomic mass is 10.6. The molecule has 0 aliphatic rings. The second-order valence-corrected chi connectivity index (χ2v) is 4.21. The Kier molecular flexibility index (Phi) is 2.42. The Balaban J connectivity index is 2.10. The summed E-state index contributed by atoms with van der Waals surface area (Å²) in [5.41, 5.74) is 3.29. The molecule has 0 unspecified atom stereocenters. The molecule has 86 valence electrons. The summed E-state index contributed by atoms with van der Waals surface area (Å²) in [7, 11) is 0. The highest BCUT2D eigenvalue weighted by molar-refractivity contribution is 7.99. The molecule has 17 heavy (non-hydrogen) atoms. The monoisotopic (exact) mass is 247 g/mol. The van der Waals surface area contributed by atoms with E-state index in [-0.39, 0.29) is 0 Å². The zero-order valence-corrected chi connectivity index (χ0v) is 9.48. The lowest BCUT2D eigenvalue weighted by Crippen LogP contribution is -2.10. The normalized spacial score (nSPS) is 10.9. The van der Waals surface area contributed by atoms with Crippen molar-refractivity contribution in [3.8, 4) is 0 Å². The molecule has 0 fully saturated rings. The third kappa shape index (κ3) is 1.83. The zero-order chi connectivity index (χ0) is 11.7. The maximum atomic E-state index is 5.37. The minimum absolute atomic E-state index is 0.574. The van der Waals surface area contributed by atoms with Gasteiger partial charge < -0.3 is 14.8 Å². The lowest BCUT2D eigenvalue weighted by molar-refractivity contribution is 1.00. The Morgan fingerprint density at radius 3 is 3.06 bits per heavy atom. The van der Waals surface area contributed by atoms with Crippen molar-refractivity contribution < 1.29 is 0 Å². The van der Waals surface area contributed by atoms with Crippen molar-refractivity contribution in [3.63, 3.8) is 0 Å². The van der Waals surface area contributed by atoms with E-state index in [1.807, 2.05) is 10.6 Å². The van der Waals surface area contributed by atoms with Crippen molar-refractivity contribution in [1.29, 1.82) is 0 Å². The first-order chi connectivity index (χ1) is 8.36. The highest BCUT2D eigenvalue weighted by atomic mass is 32.2. The molecule has 3 heterocycles. The van der Waals surface area contributed by atoms with Crippen LogP contribution >= 0.6 is 11.8 Å². The molecule has 0 saturated heterocycles. The SMILES string of the molecule is NNc1cn2ccnc2c(Sc2ncc[nH]2)n1. The number of H-pyrrole nitrogens is 1. The molecule has 4 N–H and O–H groups in total. The summed E-state index contributed by atoms with van der Waals surface area (Å²) >= 11 is 1.40. The molecule has 8 heteroatoms. The summed E-state index contributed by atoms with van der Waals surface area (Å²) in [5, 5.41) is 1.50. The van der Waals surface area contributed by atoms with Crippen LogP contribution in [0.5, 0.6) is 0 Å². The van der Waals surface area contributed by atoms with Crippen LogP contribution in [0.1, 0.15) is 0 Å². The number of rotatable bonds is 3. The third-order valence-electron chi connectivity index (χ3n) is 2.16. The Hall–Kier alpha value is -2.06. The zero-order valence-electron chi connectivity index (χ0n) is 8.66. The molecule has 0 spiro atoms. The van der Waals surface area contributed by atoms with Crippen molar-refractivity contribution in [2.24, 2.45) is 5.84 Å². The minimum atomic E-state index is 0.574. The van der Waals surface area contributed by atoms with E-state index in [0.717, 1.165) is 15.8 Å². The molecule has 0 aliphatic heterocycles. The van der Waals surface area contributed by atoms with E-state index in [4.69, 9.17) is 5.84 Å². The van der Waals surface area contributed by atoms with Crippen LogP contribution in [0.3, 0.4) is 0 Å². The topological polar surface area (TPSA) is 96.9 Å². The van der Waals surface area contributed by atoms with Gasteiger partial charge in [0, 0.05) is 24.8 Å². The van der Waals surface area contributed by atoms with Gasteiger partial charge in [0.05, 0.1) is 6.20 Å². The van der Waals surface area contributed by atoms with Gasteiger partial charge >= 0.3 is 0 Å². The number of aromatic nitrogens is 5. The molecule has 0 aromatic carbocycles. The quantitative estimate of drug-likeness (QED) is 0.470. The van der Waals surface area contributed by atoms with Crippen molar-refractivity contribution in [2.75, 3.05) is 5.43 Å². The highest BCUT2D eigenvalue weighted by Crippen LogP contribution is 2.26. The summed E-state index contributed by atoms with van der Waals surface area (Å²) in [6, 6.07) is 0. The van der Waals surface area contributed by atoms with Gasteiger partial charge in [0.25, 0.3) is 0 Å². The number of nitrogen functional groups attached to an aromatic ring is 1. The molecule has 0 aliphatic carbocycles. The number of fused-ring (bicyclic) bond motifs is 1. The molecule has 7 nitrogen and oxygen atoms in total. The second-order valence-electron chi connectivity index (χ2n) is 3.23. The summed E-state index contributed by atoms with van der Waals surface area (Å²) in [6.07, 6.45) is 8.77. The van der Waals surface area contributed by atoms with Crippen LogP contribution in [0.2, 0.25) is 0 Å². The van der Waals surface area contributed by atoms with Gasteiger partial charge in [-0.1, -0.05) is 0 Å². The van der Waals surface area contributed by atoms with Gasteiger partial charge in [-0.05, 0) is 11.8 Å². The van der Waals surface area contributed by atoms with E-state index in [1.54, 1.807) is 24.8 Å². The minimum Gasteiger partial charge on any atom is -0.339 e. The standard InChI is InChI=1S/C9H9N7S/c10-15-6-5-16-4-3-11-7(16)8(14-6)17-9-12-1-2-13-9/h1-5,15H,10H2,(H,12,13). The molecule has 3 aromatic rings. The number of anilines is 1. The molecule has 0 atom stereocenters. The summed E-state index contributed by atoms with van der Waals surface area (Å²) in [5.74, 6) is 5.95.